The number of rotatable bonds is 14. The zero-order valence-electron chi connectivity index (χ0n) is 30.2. The van der Waals surface area contributed by atoms with Crippen LogP contribution in [-0.4, -0.2) is 109 Å². The van der Waals surface area contributed by atoms with Crippen molar-refractivity contribution >= 4 is 0 Å². The summed E-state index contributed by atoms with van der Waals surface area (Å²) in [5.41, 5.74) is 4.43. The van der Waals surface area contributed by atoms with Crippen LogP contribution in [0.3, 0.4) is 0 Å². The van der Waals surface area contributed by atoms with Crippen LogP contribution in [0.25, 0.3) is 0 Å². The molecule has 1 unspecified atom stereocenters. The summed E-state index contributed by atoms with van der Waals surface area (Å²) in [5, 5.41) is 3.72. The van der Waals surface area contributed by atoms with Gasteiger partial charge in [-0.2, -0.15) is 0 Å². The topological polar surface area (TPSA) is 25.0 Å². The summed E-state index contributed by atoms with van der Waals surface area (Å²) in [6, 6.07) is 36.2. The van der Waals surface area contributed by atoms with Gasteiger partial charge in [0, 0.05) is 83.1 Å². The molecule has 5 nitrogen and oxygen atoms in total. The van der Waals surface area contributed by atoms with E-state index in [-0.39, 0.29) is 0 Å². The molecule has 1 aliphatic carbocycles. The van der Waals surface area contributed by atoms with E-state index in [1.54, 1.807) is 0 Å². The molecule has 4 aliphatic rings. The van der Waals surface area contributed by atoms with Crippen LogP contribution >= 0.6 is 0 Å². The van der Waals surface area contributed by atoms with Gasteiger partial charge in [-0.05, 0) is 67.7 Å². The molecular formula is C44H63N5. The summed E-state index contributed by atoms with van der Waals surface area (Å²) in [7, 11) is 0. The molecule has 3 aliphatic heterocycles. The Balaban J connectivity index is 1.04. The normalized spacial score (nSPS) is 25.8. The van der Waals surface area contributed by atoms with E-state index in [1.165, 1.54) is 114 Å². The van der Waals surface area contributed by atoms with Crippen molar-refractivity contribution in [2.75, 3.05) is 65.4 Å². The number of hydrogen-bond acceptors (Lipinski definition) is 5. The Hall–Kier alpha value is -2.54. The predicted molar refractivity (Wildman–Crippen MR) is 205 cm³/mol. The minimum Gasteiger partial charge on any atom is -0.314 e. The summed E-state index contributed by atoms with van der Waals surface area (Å²) in [6.07, 6.45) is 14.8. The van der Waals surface area contributed by atoms with E-state index < -0.39 is 0 Å². The zero-order chi connectivity index (χ0) is 33.1. The van der Waals surface area contributed by atoms with Gasteiger partial charge < -0.3 is 5.32 Å². The van der Waals surface area contributed by atoms with Crippen LogP contribution in [0.5, 0.6) is 0 Å². The van der Waals surface area contributed by atoms with Gasteiger partial charge in [-0.15, -0.1) is 0 Å². The van der Waals surface area contributed by atoms with Gasteiger partial charge in [0.1, 0.15) is 0 Å². The number of benzene rings is 3. The number of hydrogen-bond donors (Lipinski definition) is 1. The lowest BCUT2D eigenvalue weighted by Crippen LogP contribution is -2.60. The Morgan fingerprint density at radius 2 is 1.27 bits per heavy atom. The van der Waals surface area contributed by atoms with Crippen LogP contribution in [0.4, 0.5) is 0 Å². The summed E-state index contributed by atoms with van der Waals surface area (Å²) in [5.74, 6) is 0.909. The van der Waals surface area contributed by atoms with E-state index in [2.05, 4.69) is 116 Å². The molecule has 7 rings (SSSR count). The number of nitrogens with one attached hydrogen (secondary N) is 1. The molecule has 4 fully saturated rings. The lowest BCUT2D eigenvalue weighted by atomic mass is 9.84. The third-order valence-corrected chi connectivity index (χ3v) is 12.5. The molecule has 0 amide bonds. The molecular weight excluding hydrogens is 599 g/mol. The van der Waals surface area contributed by atoms with E-state index in [0.717, 1.165) is 44.8 Å². The standard InChI is InChI=1S/C44H63N5/c1-5-14-37(15-6-1)23-26-46-28-29-49(35-43(46)31-39-18-9-3-10-19-39)44(32-40-20-11-4-12-21-40)36-47-25-13-22-41(47)34-48-27-24-45-33-42(48)30-38-16-7-2-8-17-38/h1-3,5-10,14-19,40-45H,4,11-13,20-36H2/t41?,42-,43-,44+/m0/s1. The van der Waals surface area contributed by atoms with Gasteiger partial charge in [0.15, 0.2) is 0 Å². The van der Waals surface area contributed by atoms with Gasteiger partial charge in [-0.25, -0.2) is 0 Å². The third-order valence-electron chi connectivity index (χ3n) is 12.5. The molecule has 0 bridgehead atoms. The number of likely N-dealkylation sites (tertiary alicyclic amines) is 1. The van der Waals surface area contributed by atoms with E-state index in [0.29, 0.717) is 24.2 Å². The predicted octanol–water partition coefficient (Wildman–Crippen LogP) is 6.78. The smallest absolute Gasteiger partial charge is 0.0264 e. The molecule has 1 N–H and O–H groups in total. The lowest BCUT2D eigenvalue weighted by Gasteiger charge is -2.47. The molecule has 3 saturated heterocycles. The quantitative estimate of drug-likeness (QED) is 0.206. The highest BCUT2D eigenvalue weighted by atomic mass is 15.3. The highest BCUT2D eigenvalue weighted by Crippen LogP contribution is 2.31. The Kier molecular flexibility index (Phi) is 12.9. The molecule has 0 radical (unpaired) electrons. The minimum atomic E-state index is 0.572. The molecule has 3 heterocycles. The zero-order valence-corrected chi connectivity index (χ0v) is 30.2. The van der Waals surface area contributed by atoms with Crippen LogP contribution < -0.4 is 5.32 Å². The largest absolute Gasteiger partial charge is 0.314 e. The van der Waals surface area contributed by atoms with Gasteiger partial charge in [0.05, 0.1) is 0 Å². The SMILES string of the molecule is c1ccc(CCN2CCN([C@H](CC3CCCCC3)CN3CCCC3CN3CCNC[C@@H]3Cc3ccccc3)C[C@@H]2Cc2ccccc2)cc1. The Labute approximate surface area is 298 Å². The van der Waals surface area contributed by atoms with Crippen molar-refractivity contribution in [2.24, 2.45) is 5.92 Å². The van der Waals surface area contributed by atoms with E-state index in [1.807, 2.05) is 0 Å². The van der Waals surface area contributed by atoms with Crippen LogP contribution in [0.15, 0.2) is 91.0 Å². The van der Waals surface area contributed by atoms with Crippen molar-refractivity contribution in [1.29, 1.82) is 0 Å². The van der Waals surface area contributed by atoms with Crippen molar-refractivity contribution < 1.29 is 0 Å². The van der Waals surface area contributed by atoms with Crippen LogP contribution in [0.2, 0.25) is 0 Å². The second-order valence-electron chi connectivity index (χ2n) is 15.8. The molecule has 3 aromatic rings. The fourth-order valence-corrected chi connectivity index (χ4v) is 9.70. The Morgan fingerprint density at radius 1 is 0.592 bits per heavy atom. The average Bonchev–Trinajstić information content (AvgIpc) is 3.59. The van der Waals surface area contributed by atoms with Gasteiger partial charge in [0.25, 0.3) is 0 Å². The highest BCUT2D eigenvalue weighted by Gasteiger charge is 2.36. The molecule has 0 aromatic heterocycles. The number of nitrogens with zero attached hydrogens (tertiary/aromatic N) is 4. The van der Waals surface area contributed by atoms with Crippen molar-refractivity contribution in [1.82, 2.24) is 24.9 Å². The van der Waals surface area contributed by atoms with E-state index >= 15 is 0 Å². The summed E-state index contributed by atoms with van der Waals surface area (Å²) >= 11 is 0. The van der Waals surface area contributed by atoms with Crippen LogP contribution in [-0.2, 0) is 19.3 Å². The van der Waals surface area contributed by atoms with Crippen LogP contribution in [0.1, 0.15) is 68.1 Å². The van der Waals surface area contributed by atoms with Gasteiger partial charge in [0.2, 0.25) is 0 Å². The average molecular weight is 662 g/mol. The van der Waals surface area contributed by atoms with Crippen molar-refractivity contribution in [2.45, 2.75) is 94.8 Å². The maximum absolute atomic E-state index is 3.72. The molecule has 49 heavy (non-hydrogen) atoms. The Morgan fingerprint density at radius 3 is 1.98 bits per heavy atom. The first-order chi connectivity index (χ1) is 24.3. The lowest BCUT2D eigenvalue weighted by molar-refractivity contribution is 0.0202. The molecule has 264 valence electrons. The first kappa shape index (κ1) is 34.9. The fourth-order valence-electron chi connectivity index (χ4n) is 9.70. The summed E-state index contributed by atoms with van der Waals surface area (Å²) < 4.78 is 0. The monoisotopic (exact) mass is 662 g/mol. The first-order valence-corrected chi connectivity index (χ1v) is 20.1. The van der Waals surface area contributed by atoms with Crippen molar-refractivity contribution in [3.8, 4) is 0 Å². The second kappa shape index (κ2) is 18.1. The maximum atomic E-state index is 3.72. The first-order valence-electron chi connectivity index (χ1n) is 20.1. The molecule has 0 spiro atoms. The molecule has 3 aromatic carbocycles. The fraction of sp³-hybridized carbons (Fsp3) is 0.591. The van der Waals surface area contributed by atoms with Crippen LogP contribution in [0, 0.1) is 5.92 Å². The summed E-state index contributed by atoms with van der Waals surface area (Å²) in [6.45, 7) is 12.0. The molecule has 4 atom stereocenters. The summed E-state index contributed by atoms with van der Waals surface area (Å²) in [4.78, 5) is 11.6. The van der Waals surface area contributed by atoms with Gasteiger partial charge >= 0.3 is 0 Å². The Bertz CT molecular complexity index is 1350. The van der Waals surface area contributed by atoms with Gasteiger partial charge in [-0.1, -0.05) is 123 Å². The van der Waals surface area contributed by atoms with E-state index in [4.69, 9.17) is 0 Å². The maximum Gasteiger partial charge on any atom is 0.0264 e. The molecule has 5 heteroatoms. The third kappa shape index (κ3) is 10.0. The van der Waals surface area contributed by atoms with Crippen molar-refractivity contribution in [3.63, 3.8) is 0 Å². The second-order valence-corrected chi connectivity index (χ2v) is 15.8. The van der Waals surface area contributed by atoms with Gasteiger partial charge in [-0.3, -0.25) is 19.6 Å². The van der Waals surface area contributed by atoms with E-state index in [9.17, 15) is 0 Å². The number of piperazine rings is 2. The highest BCUT2D eigenvalue weighted by molar-refractivity contribution is 5.18. The molecule has 1 saturated carbocycles. The minimum absolute atomic E-state index is 0.572. The van der Waals surface area contributed by atoms with Crippen molar-refractivity contribution in [3.05, 3.63) is 108 Å².